The highest BCUT2D eigenvalue weighted by molar-refractivity contribution is 9.10. The second-order valence-electron chi connectivity index (χ2n) is 5.57. The normalized spacial score (nSPS) is 14.3. The molecule has 4 rings (SSSR count). The maximum Gasteiger partial charge on any atom is 0.354 e. The maximum absolute atomic E-state index is 14.1. The van der Waals surface area contributed by atoms with E-state index in [0.717, 1.165) is 18.5 Å². The minimum absolute atomic E-state index is 0.0344. The lowest BCUT2D eigenvalue weighted by molar-refractivity contribution is 0.0690. The zero-order chi connectivity index (χ0) is 16.1. The van der Waals surface area contributed by atoms with Crippen LogP contribution < -0.4 is 0 Å². The van der Waals surface area contributed by atoms with Gasteiger partial charge in [-0.15, -0.1) is 0 Å². The zero-order valence-electron chi connectivity index (χ0n) is 11.8. The number of rotatable bonds is 3. The summed E-state index contributed by atoms with van der Waals surface area (Å²) in [6.07, 6.45) is 3.74. The van der Waals surface area contributed by atoms with Crippen molar-refractivity contribution >= 4 is 27.7 Å². The molecular weight excluding hydrogens is 365 g/mol. The minimum Gasteiger partial charge on any atom is -0.477 e. The van der Waals surface area contributed by atoms with Crippen molar-refractivity contribution in [3.05, 3.63) is 52.1 Å². The van der Waals surface area contributed by atoms with Gasteiger partial charge in [0.25, 0.3) is 0 Å². The van der Waals surface area contributed by atoms with Crippen LogP contribution >= 0.6 is 15.9 Å². The second-order valence-corrected chi connectivity index (χ2v) is 6.48. The quantitative estimate of drug-likeness (QED) is 0.754. The van der Waals surface area contributed by atoms with E-state index in [-0.39, 0.29) is 11.5 Å². The number of fused-ring (bicyclic) bond motifs is 1. The third-order valence-corrected chi connectivity index (χ3v) is 4.39. The summed E-state index contributed by atoms with van der Waals surface area (Å²) in [5, 5.41) is 9.20. The van der Waals surface area contributed by atoms with E-state index in [1.165, 1.54) is 6.07 Å². The van der Waals surface area contributed by atoms with Gasteiger partial charge >= 0.3 is 5.97 Å². The summed E-state index contributed by atoms with van der Waals surface area (Å²) < 4.78 is 16.6. The highest BCUT2D eigenvalue weighted by Gasteiger charge is 2.28. The van der Waals surface area contributed by atoms with E-state index in [1.807, 2.05) is 0 Å². The van der Waals surface area contributed by atoms with Gasteiger partial charge in [0.1, 0.15) is 5.82 Å². The zero-order valence-corrected chi connectivity index (χ0v) is 13.4. The predicted octanol–water partition coefficient (Wildman–Crippen LogP) is 3.87. The lowest BCUT2D eigenvalue weighted by Gasteiger charge is -2.04. The summed E-state index contributed by atoms with van der Waals surface area (Å²) in [5.74, 6) is -0.887. The number of aromatic carboxylic acids is 1. The molecule has 1 saturated carbocycles. The van der Waals surface area contributed by atoms with E-state index >= 15 is 0 Å². The summed E-state index contributed by atoms with van der Waals surface area (Å²) in [7, 11) is 0. The number of imidazole rings is 1. The molecule has 0 saturated heterocycles. The molecule has 7 heteroatoms. The van der Waals surface area contributed by atoms with Crippen molar-refractivity contribution in [1.82, 2.24) is 14.4 Å². The standard InChI is InChI=1S/C16H11BrFN3O2/c17-9-3-4-10(11(18)5-9)13-7-21-14(8-1-2-8)6-12(15(22)23)19-16(21)20-13/h3-8H,1-2H2,(H,22,23). The lowest BCUT2D eigenvalue weighted by atomic mass is 10.1. The molecule has 1 aliphatic carbocycles. The number of carbonyl (C=O) groups is 1. The molecule has 2 aromatic heterocycles. The summed E-state index contributed by atoms with van der Waals surface area (Å²) >= 11 is 3.22. The number of benzene rings is 1. The molecule has 0 atom stereocenters. The van der Waals surface area contributed by atoms with Crippen molar-refractivity contribution in [3.8, 4) is 11.3 Å². The van der Waals surface area contributed by atoms with Crippen LogP contribution in [0.2, 0.25) is 0 Å². The molecule has 2 heterocycles. The Balaban J connectivity index is 1.93. The molecule has 0 unspecified atom stereocenters. The highest BCUT2D eigenvalue weighted by atomic mass is 79.9. The number of aromatic nitrogens is 3. The fourth-order valence-corrected chi connectivity index (χ4v) is 2.95. The Labute approximate surface area is 138 Å². The van der Waals surface area contributed by atoms with Crippen LogP contribution in [0.15, 0.2) is 34.9 Å². The van der Waals surface area contributed by atoms with Gasteiger partial charge in [-0.05, 0) is 43.0 Å². The van der Waals surface area contributed by atoms with Crippen LogP contribution in [0.4, 0.5) is 4.39 Å². The van der Waals surface area contributed by atoms with Crippen LogP contribution in [0, 0.1) is 5.82 Å². The number of hydrogen-bond acceptors (Lipinski definition) is 3. The van der Waals surface area contributed by atoms with E-state index in [0.29, 0.717) is 21.6 Å². The fourth-order valence-electron chi connectivity index (χ4n) is 2.62. The predicted molar refractivity (Wildman–Crippen MR) is 85.0 cm³/mol. The summed E-state index contributed by atoms with van der Waals surface area (Å²) in [6.45, 7) is 0. The van der Waals surface area contributed by atoms with Crippen molar-refractivity contribution in [1.29, 1.82) is 0 Å². The number of nitrogens with zero attached hydrogens (tertiary/aromatic N) is 3. The molecule has 0 radical (unpaired) electrons. The molecule has 1 aromatic carbocycles. The summed E-state index contributed by atoms with van der Waals surface area (Å²) in [4.78, 5) is 19.6. The van der Waals surface area contributed by atoms with E-state index in [1.54, 1.807) is 28.8 Å². The van der Waals surface area contributed by atoms with Crippen molar-refractivity contribution in [3.63, 3.8) is 0 Å². The average molecular weight is 376 g/mol. The van der Waals surface area contributed by atoms with Gasteiger partial charge in [-0.25, -0.2) is 19.2 Å². The van der Waals surface area contributed by atoms with Crippen LogP contribution in [0.1, 0.15) is 34.9 Å². The first-order chi connectivity index (χ1) is 11.0. The van der Waals surface area contributed by atoms with Crippen LogP contribution in [-0.4, -0.2) is 25.4 Å². The number of hydrogen-bond donors (Lipinski definition) is 1. The third kappa shape index (κ3) is 2.50. The largest absolute Gasteiger partial charge is 0.477 e. The average Bonchev–Trinajstić information content (AvgIpc) is 3.25. The molecule has 23 heavy (non-hydrogen) atoms. The van der Waals surface area contributed by atoms with Crippen LogP contribution in [0.3, 0.4) is 0 Å². The highest BCUT2D eigenvalue weighted by Crippen LogP contribution is 2.40. The molecule has 1 aliphatic rings. The van der Waals surface area contributed by atoms with E-state index in [2.05, 4.69) is 25.9 Å². The van der Waals surface area contributed by atoms with Crippen molar-refractivity contribution in [2.24, 2.45) is 0 Å². The van der Waals surface area contributed by atoms with Gasteiger partial charge in [0.05, 0.1) is 5.69 Å². The summed E-state index contributed by atoms with van der Waals surface area (Å²) in [5.41, 5.74) is 1.63. The molecule has 0 bridgehead atoms. The van der Waals surface area contributed by atoms with Gasteiger partial charge in [0.15, 0.2) is 5.69 Å². The van der Waals surface area contributed by atoms with Gasteiger partial charge in [-0.2, -0.15) is 0 Å². The lowest BCUT2D eigenvalue weighted by Crippen LogP contribution is -2.06. The molecule has 3 aromatic rings. The Kier molecular flexibility index (Phi) is 3.19. The molecule has 0 aliphatic heterocycles. The molecule has 1 fully saturated rings. The molecule has 1 N–H and O–H groups in total. The molecule has 0 amide bonds. The Hall–Kier alpha value is -2.28. The Morgan fingerprint density at radius 3 is 2.74 bits per heavy atom. The Morgan fingerprint density at radius 1 is 1.30 bits per heavy atom. The second kappa shape index (κ2) is 5.13. The Morgan fingerprint density at radius 2 is 2.09 bits per heavy atom. The third-order valence-electron chi connectivity index (χ3n) is 3.89. The van der Waals surface area contributed by atoms with Gasteiger partial charge in [-0.3, -0.25) is 4.40 Å². The van der Waals surface area contributed by atoms with Crippen molar-refractivity contribution < 1.29 is 14.3 Å². The van der Waals surface area contributed by atoms with E-state index < -0.39 is 11.8 Å². The monoisotopic (exact) mass is 375 g/mol. The van der Waals surface area contributed by atoms with Crippen LogP contribution in [0.5, 0.6) is 0 Å². The van der Waals surface area contributed by atoms with Crippen molar-refractivity contribution in [2.75, 3.05) is 0 Å². The van der Waals surface area contributed by atoms with Gasteiger partial charge < -0.3 is 5.11 Å². The summed E-state index contributed by atoms with van der Waals surface area (Å²) in [6, 6.07) is 6.32. The molecule has 0 spiro atoms. The molecule has 5 nitrogen and oxygen atoms in total. The first kappa shape index (κ1) is 14.3. The SMILES string of the molecule is O=C(O)c1cc(C2CC2)n2cc(-c3ccc(Br)cc3F)nc2n1. The molecule has 116 valence electrons. The van der Waals surface area contributed by atoms with Crippen LogP contribution in [0.25, 0.3) is 17.0 Å². The number of halogens is 2. The van der Waals surface area contributed by atoms with E-state index in [9.17, 15) is 14.3 Å². The van der Waals surface area contributed by atoms with E-state index in [4.69, 9.17) is 0 Å². The molecular formula is C16H11BrFN3O2. The minimum atomic E-state index is -1.09. The fraction of sp³-hybridized carbons (Fsp3) is 0.188. The number of carboxylic acids is 1. The number of carboxylic acid groups (broad SMARTS) is 1. The smallest absolute Gasteiger partial charge is 0.354 e. The first-order valence-electron chi connectivity index (χ1n) is 7.11. The topological polar surface area (TPSA) is 67.5 Å². The van der Waals surface area contributed by atoms with Gasteiger partial charge in [0.2, 0.25) is 5.78 Å². The van der Waals surface area contributed by atoms with Crippen molar-refractivity contribution in [2.45, 2.75) is 18.8 Å². The first-order valence-corrected chi connectivity index (χ1v) is 7.91. The van der Waals surface area contributed by atoms with Gasteiger partial charge in [0, 0.05) is 21.9 Å². The maximum atomic E-state index is 14.1. The Bertz CT molecular complexity index is 950. The van der Waals surface area contributed by atoms with Crippen LogP contribution in [-0.2, 0) is 0 Å². The van der Waals surface area contributed by atoms with Gasteiger partial charge in [-0.1, -0.05) is 15.9 Å².